The van der Waals surface area contributed by atoms with Gasteiger partial charge in [-0.3, -0.25) is 14.6 Å². The lowest BCUT2D eigenvalue weighted by molar-refractivity contribution is 0.101. The van der Waals surface area contributed by atoms with Gasteiger partial charge in [-0.15, -0.1) is 12.4 Å². The Balaban J connectivity index is 0.000000213. The van der Waals surface area contributed by atoms with E-state index in [1.165, 1.54) is 60.7 Å². The van der Waals surface area contributed by atoms with E-state index in [0.29, 0.717) is 48.3 Å². The second-order valence-corrected chi connectivity index (χ2v) is 22.9. The first-order chi connectivity index (χ1) is 30.9. The van der Waals surface area contributed by atoms with E-state index in [4.69, 9.17) is 0 Å². The zero-order valence-corrected chi connectivity index (χ0v) is 41.2. The molecule has 5 heterocycles. The molecule has 0 unspecified atom stereocenters. The number of sulfonamides is 2. The highest BCUT2D eigenvalue weighted by Crippen LogP contribution is 2.42. The fraction of sp³-hybridized carbons (Fsp3) is 0.510. The third-order valence-electron chi connectivity index (χ3n) is 12.9. The van der Waals surface area contributed by atoms with E-state index >= 15 is 0 Å². The average Bonchev–Trinajstić information content (AvgIpc) is 3.30. The normalized spacial score (nSPS) is 19.0. The molecular weight excluding hydrogens is 901 g/mol. The van der Waals surface area contributed by atoms with Crippen molar-refractivity contribution < 1.29 is 30.8 Å². The van der Waals surface area contributed by atoms with Gasteiger partial charge in [0.2, 0.25) is 26.0 Å². The summed E-state index contributed by atoms with van der Waals surface area (Å²) >= 11 is 0. The number of rotatable bonds is 9. The maximum Gasteiger partial charge on any atom is 0.260 e. The Labute approximate surface area is 397 Å². The summed E-state index contributed by atoms with van der Waals surface area (Å²) in [5.41, 5.74) is 2.93. The van der Waals surface area contributed by atoms with Crippen molar-refractivity contribution in [3.63, 3.8) is 0 Å². The summed E-state index contributed by atoms with van der Waals surface area (Å²) in [4.78, 5) is 33.6. The van der Waals surface area contributed by atoms with Crippen molar-refractivity contribution in [2.45, 2.75) is 120 Å². The third kappa shape index (κ3) is 14.3. The molecule has 4 aliphatic rings. The molecule has 1 saturated carbocycles. The number of piperidine rings is 3. The number of carbonyl (C=O) groups is 2. The lowest BCUT2D eigenvalue weighted by Gasteiger charge is -2.34. The number of pyridine rings is 2. The topological polar surface area (TPSA) is 171 Å². The molecule has 4 aromatic rings. The van der Waals surface area contributed by atoms with Gasteiger partial charge in [-0.25, -0.2) is 21.8 Å². The fourth-order valence-corrected chi connectivity index (χ4v) is 11.8. The van der Waals surface area contributed by atoms with Crippen molar-refractivity contribution in [2.75, 3.05) is 49.9 Å². The van der Waals surface area contributed by atoms with Gasteiger partial charge in [-0.05, 0) is 149 Å². The summed E-state index contributed by atoms with van der Waals surface area (Å²) in [6, 6.07) is 18.9. The quantitative estimate of drug-likeness (QED) is 0.138. The smallest absolute Gasteiger partial charge is 0.260 e. The molecule has 1 aliphatic carbocycles. The Morgan fingerprint density at radius 2 is 1.06 bits per heavy atom. The van der Waals surface area contributed by atoms with Gasteiger partial charge in [-0.2, -0.15) is 13.0 Å². The molecular formula is C49H67ClFN7O6S2. The monoisotopic (exact) mass is 967 g/mol. The minimum Gasteiger partial charge on any atom is -0.322 e. The van der Waals surface area contributed by atoms with Crippen LogP contribution >= 0.6 is 12.4 Å². The molecule has 2 aromatic carbocycles. The number of nitrogens with one attached hydrogen (secondary N) is 3. The summed E-state index contributed by atoms with van der Waals surface area (Å²) in [6.07, 6.45) is 15.5. The van der Waals surface area contributed by atoms with E-state index in [9.17, 15) is 30.8 Å². The van der Waals surface area contributed by atoms with Crippen molar-refractivity contribution in [3.8, 4) is 0 Å². The van der Waals surface area contributed by atoms with E-state index in [-0.39, 0.29) is 45.3 Å². The molecule has 2 amide bonds. The van der Waals surface area contributed by atoms with E-state index < -0.39 is 31.9 Å². The Morgan fingerprint density at radius 1 is 0.621 bits per heavy atom. The van der Waals surface area contributed by atoms with Crippen LogP contribution < -0.4 is 16.0 Å². The van der Waals surface area contributed by atoms with Crippen molar-refractivity contribution >= 4 is 55.6 Å². The Morgan fingerprint density at radius 3 is 1.52 bits per heavy atom. The van der Waals surface area contributed by atoms with Gasteiger partial charge in [0.15, 0.2) is 0 Å². The first-order valence-electron chi connectivity index (χ1n) is 23.0. The second kappa shape index (κ2) is 23.6. The zero-order valence-electron chi connectivity index (χ0n) is 38.7. The van der Waals surface area contributed by atoms with Crippen LogP contribution in [0.15, 0.2) is 95.0 Å². The molecule has 0 spiro atoms. The largest absolute Gasteiger partial charge is 0.322 e. The van der Waals surface area contributed by atoms with E-state index in [0.717, 1.165) is 69.9 Å². The molecule has 0 radical (unpaired) electrons. The molecule has 66 heavy (non-hydrogen) atoms. The van der Waals surface area contributed by atoms with Crippen molar-refractivity contribution in [2.24, 2.45) is 10.8 Å². The Bertz CT molecular complexity index is 2460. The Kier molecular flexibility index (Phi) is 18.8. The first kappa shape index (κ1) is 52.6. The SMILES string of the molecule is CC1(C)CCC(c2ncccc2C(=O)Nc2cccc(S(=O)(=O)N3CCCCC3)c2)CC1.CC1(C)CCNCC1.Cl.O=C(Nc1cccc(S(=O)(=O)N2CCCCC2)c1)c1cccnc1F. The minimum atomic E-state index is -3.60. The van der Waals surface area contributed by atoms with Gasteiger partial charge < -0.3 is 16.0 Å². The average molecular weight is 969 g/mol. The molecule has 3 aliphatic heterocycles. The number of benzene rings is 2. The number of hydrogen-bond donors (Lipinski definition) is 3. The van der Waals surface area contributed by atoms with Crippen LogP contribution in [0.4, 0.5) is 15.8 Å². The number of aromatic nitrogens is 2. The summed E-state index contributed by atoms with van der Waals surface area (Å²) in [5.74, 6) is -1.53. The van der Waals surface area contributed by atoms with Crippen molar-refractivity contribution in [3.05, 3.63) is 108 Å². The molecule has 3 saturated heterocycles. The van der Waals surface area contributed by atoms with Gasteiger partial charge >= 0.3 is 0 Å². The number of anilines is 2. The van der Waals surface area contributed by atoms with Crippen molar-refractivity contribution in [1.82, 2.24) is 23.9 Å². The summed E-state index contributed by atoms with van der Waals surface area (Å²) in [5, 5.41) is 8.76. The third-order valence-corrected chi connectivity index (χ3v) is 16.6. The maximum absolute atomic E-state index is 13.6. The highest BCUT2D eigenvalue weighted by Gasteiger charge is 2.31. The lowest BCUT2D eigenvalue weighted by atomic mass is 9.71. The maximum atomic E-state index is 13.6. The second-order valence-electron chi connectivity index (χ2n) is 19.0. The molecule has 17 heteroatoms. The number of halogens is 2. The van der Waals surface area contributed by atoms with Gasteiger partial charge in [0.05, 0.1) is 26.6 Å². The van der Waals surface area contributed by atoms with E-state index in [1.54, 1.807) is 53.0 Å². The first-order valence-corrected chi connectivity index (χ1v) is 25.9. The highest BCUT2D eigenvalue weighted by atomic mass is 35.5. The van der Waals surface area contributed by atoms with Gasteiger partial charge in [0.1, 0.15) is 0 Å². The molecule has 3 N–H and O–H groups in total. The van der Waals surface area contributed by atoms with E-state index in [2.05, 4.69) is 53.6 Å². The van der Waals surface area contributed by atoms with Crippen LogP contribution in [-0.4, -0.2) is 86.5 Å². The molecule has 4 fully saturated rings. The summed E-state index contributed by atoms with van der Waals surface area (Å²) in [6.45, 7) is 13.8. The highest BCUT2D eigenvalue weighted by molar-refractivity contribution is 7.89. The van der Waals surface area contributed by atoms with Gasteiger partial charge in [-0.1, -0.05) is 52.7 Å². The summed E-state index contributed by atoms with van der Waals surface area (Å²) < 4.78 is 68.0. The van der Waals surface area contributed by atoms with Crippen molar-refractivity contribution in [1.29, 1.82) is 0 Å². The predicted molar refractivity (Wildman–Crippen MR) is 261 cm³/mol. The van der Waals surface area contributed by atoms with Crippen LogP contribution in [-0.2, 0) is 20.0 Å². The number of carbonyl (C=O) groups excluding carboxylic acids is 2. The zero-order chi connectivity index (χ0) is 46.7. The molecule has 13 nitrogen and oxygen atoms in total. The number of hydrogen-bond acceptors (Lipinski definition) is 9. The van der Waals surface area contributed by atoms with Crippen LogP contribution in [0.2, 0.25) is 0 Å². The van der Waals surface area contributed by atoms with Crippen LogP contribution in [0.1, 0.15) is 137 Å². The fourth-order valence-electron chi connectivity index (χ4n) is 8.64. The predicted octanol–water partition coefficient (Wildman–Crippen LogP) is 9.66. The minimum absolute atomic E-state index is 0. The van der Waals surface area contributed by atoms with Crippen LogP contribution in [0.3, 0.4) is 0 Å². The van der Waals surface area contributed by atoms with E-state index in [1.807, 2.05) is 6.07 Å². The molecule has 8 rings (SSSR count). The molecule has 0 bridgehead atoms. The number of amides is 2. The lowest BCUT2D eigenvalue weighted by Crippen LogP contribution is -2.35. The van der Waals surface area contributed by atoms with Gasteiger partial charge in [0.25, 0.3) is 11.8 Å². The molecule has 2 aromatic heterocycles. The molecule has 360 valence electrons. The molecule has 0 atom stereocenters. The summed E-state index contributed by atoms with van der Waals surface area (Å²) in [7, 11) is -7.15. The Hall–Kier alpha value is -4.32. The van der Waals surface area contributed by atoms with Crippen LogP contribution in [0.25, 0.3) is 0 Å². The number of nitrogens with zero attached hydrogens (tertiary/aromatic N) is 4. The van der Waals surface area contributed by atoms with Crippen LogP contribution in [0.5, 0.6) is 0 Å². The van der Waals surface area contributed by atoms with Gasteiger partial charge in [0, 0.05) is 55.9 Å². The standard InChI is InChI=1S/C25H33N3O3S.C17H18FN3O3S.C7H15N.ClH/c1-25(2)13-11-19(12-14-25)23-22(10-7-15-26-23)24(29)27-20-8-6-9-21(18-20)32(30,31)28-16-4-3-5-17-28;18-16-15(8-5-9-19-16)17(22)20-13-6-4-7-14(12-13)25(23,24)21-10-2-1-3-11-21;1-7(2)3-5-8-6-4-7;/h6-10,15,18-19H,3-5,11-14,16-17H2,1-2H3,(H,27,29);4-9,12H,1-3,10-11H2,(H,20,22);8H,3-6H2,1-2H3;1H. The van der Waals surface area contributed by atoms with Crippen LogP contribution in [0, 0.1) is 16.8 Å².